The summed E-state index contributed by atoms with van der Waals surface area (Å²) in [5.74, 6) is 0. The van der Waals surface area contributed by atoms with Crippen LogP contribution in [0.5, 0.6) is 0 Å². The summed E-state index contributed by atoms with van der Waals surface area (Å²) in [6.07, 6.45) is 0.307. The molecule has 0 aromatic carbocycles. The second-order valence-corrected chi connectivity index (χ2v) is 1.30. The zero-order valence-electron chi connectivity index (χ0n) is 6.10. The Morgan fingerprint density at radius 1 is 1.88 bits per heavy atom. The molecule has 0 aliphatic carbocycles. The van der Waals surface area contributed by atoms with Gasteiger partial charge in [-0.1, -0.05) is 11.9 Å². The molecule has 0 unspecified atom stereocenters. The molecule has 1 aromatic rings. The van der Waals surface area contributed by atoms with E-state index in [0.717, 1.165) is 5.69 Å². The molecule has 0 spiro atoms. The number of rotatable bonds is 0. The molecule has 8 heavy (non-hydrogen) atoms. The maximum Gasteiger partial charge on any atom is 1.00 e. The fourth-order valence-electron chi connectivity index (χ4n) is 0.366. The van der Waals surface area contributed by atoms with Crippen molar-refractivity contribution < 1.29 is 52.8 Å². The first-order valence-electron chi connectivity index (χ1n) is 2.61. The van der Waals surface area contributed by atoms with E-state index in [2.05, 4.69) is 11.1 Å². The van der Waals surface area contributed by atoms with E-state index in [1.54, 1.807) is 12.1 Å². The summed E-state index contributed by atoms with van der Waals surface area (Å²) >= 11 is 0. The zero-order chi connectivity index (χ0) is 5.98. The third-order valence-corrected chi connectivity index (χ3v) is 0.682. The molecular weight excluding hydrogens is 125 g/mol. The molecule has 1 nitrogen and oxygen atoms in total. The second kappa shape index (κ2) is 4.65. The van der Waals surface area contributed by atoms with E-state index in [1.165, 1.54) is 0 Å². The van der Waals surface area contributed by atoms with Crippen molar-refractivity contribution in [2.75, 3.05) is 0 Å². The number of aryl methyl sites for hydroxylation is 1. The summed E-state index contributed by atoms with van der Waals surface area (Å²) in [5, 5.41) is 0. The Morgan fingerprint density at radius 2 is 2.62 bits per heavy atom. The van der Waals surface area contributed by atoms with Crippen LogP contribution in [0.3, 0.4) is 0 Å². The predicted molar refractivity (Wildman–Crippen MR) is 27.8 cm³/mol. The first kappa shape index (κ1) is 6.90. The molecule has 36 valence electrons. The average molecular weight is 133 g/mol. The molecule has 0 N–H and O–H groups in total. The maximum absolute atomic E-state index is 7.00. The van der Waals surface area contributed by atoms with Gasteiger partial charge in [-0.05, 0) is 6.92 Å². The van der Waals surface area contributed by atoms with Crippen LogP contribution in [0, 0.1) is 13.0 Å². The van der Waals surface area contributed by atoms with Crippen LogP contribution in [0.2, 0.25) is 0 Å². The van der Waals surface area contributed by atoms with Crippen LogP contribution in [0.25, 0.3) is 0 Å². The Morgan fingerprint density at radius 3 is 3.00 bits per heavy atom. The first-order valence-corrected chi connectivity index (χ1v) is 2.11. The van der Waals surface area contributed by atoms with Crippen molar-refractivity contribution in [3.05, 3.63) is 30.1 Å². The van der Waals surface area contributed by atoms with Crippen molar-refractivity contribution in [1.82, 2.24) is 4.98 Å². The molecule has 0 radical (unpaired) electrons. The summed E-state index contributed by atoms with van der Waals surface area (Å²) in [6.45, 7) is 1.82. The summed E-state index contributed by atoms with van der Waals surface area (Å²) in [5.41, 5.74) is 0.775. The van der Waals surface area contributed by atoms with Gasteiger partial charge in [-0.3, -0.25) is 0 Å². The van der Waals surface area contributed by atoms with E-state index in [1.807, 2.05) is 6.92 Å². The van der Waals surface area contributed by atoms with Gasteiger partial charge in [0.2, 0.25) is 0 Å². The fraction of sp³-hybridized carbons (Fsp3) is 0.167. The number of aromatic nitrogens is 1. The molecule has 0 aliphatic rings. The van der Waals surface area contributed by atoms with Crippen molar-refractivity contribution in [3.8, 4) is 0 Å². The van der Waals surface area contributed by atoms with Gasteiger partial charge in [-0.15, -0.1) is 0 Å². The van der Waals surface area contributed by atoms with Crippen LogP contribution in [0.15, 0.2) is 18.3 Å². The smallest absolute Gasteiger partial charge is 0.301 e. The quantitative estimate of drug-likeness (QED) is 0.300. The summed E-state index contributed by atoms with van der Waals surface area (Å²) in [6, 6.07) is 6.14. The van der Waals surface area contributed by atoms with E-state index < -0.39 is 0 Å². The van der Waals surface area contributed by atoms with Gasteiger partial charge in [0.25, 0.3) is 0 Å². The molecule has 0 atom stereocenters. The Kier molecular flexibility index (Phi) is 4.01. The number of hydrogen-bond donors (Lipinski definition) is 0. The van der Waals surface area contributed by atoms with Gasteiger partial charge in [-0.25, -0.2) is 12.1 Å². The monoisotopic (exact) mass is 133 g/mol. The molecule has 0 amide bonds. The van der Waals surface area contributed by atoms with Crippen LogP contribution in [-0.4, -0.2) is 4.98 Å². The summed E-state index contributed by atoms with van der Waals surface area (Å²) in [4.78, 5) is 3.78. The molecule has 1 aromatic heterocycles. The molecule has 0 bridgehead atoms. The number of nitrogens with zero attached hydrogens (tertiary/aromatic N) is 1. The van der Waals surface area contributed by atoms with Gasteiger partial charge in [0.05, 0.1) is 1.37 Å². The minimum atomic E-state index is 0. The van der Waals surface area contributed by atoms with Crippen molar-refractivity contribution in [2.24, 2.45) is 0 Å². The Hall–Kier alpha value is 0.786. The summed E-state index contributed by atoms with van der Waals surface area (Å²) in [7, 11) is 0. The third-order valence-electron chi connectivity index (χ3n) is 0.682. The Balaban J connectivity index is 0.000000640. The van der Waals surface area contributed by atoms with Crippen molar-refractivity contribution >= 4 is 0 Å². The molecule has 1 heterocycles. The molecule has 0 aliphatic heterocycles. The van der Waals surface area contributed by atoms with E-state index in [9.17, 15) is 0 Å². The maximum atomic E-state index is 7.00. The zero-order valence-corrected chi connectivity index (χ0v) is 8.23. The van der Waals surface area contributed by atoms with Crippen molar-refractivity contribution in [3.63, 3.8) is 0 Å². The van der Waals surface area contributed by atoms with Gasteiger partial charge >= 0.3 is 51.4 Å². The van der Waals surface area contributed by atoms with Crippen LogP contribution in [0.4, 0.5) is 0 Å². The fourth-order valence-corrected chi connectivity index (χ4v) is 0.366. The van der Waals surface area contributed by atoms with Gasteiger partial charge < -0.3 is 4.98 Å². The standard InChI is InChI=1S/C6H6N.K/c1-6-4-2-3-5-7-6;/h2-3,5H,1H3;/q-1;+1/i5T;. The normalized spacial score (nSPS) is 9.38. The minimum absolute atomic E-state index is 0. The number of hydrogen-bond acceptors (Lipinski definition) is 1. The second-order valence-electron chi connectivity index (χ2n) is 1.30. The van der Waals surface area contributed by atoms with Crippen LogP contribution >= 0.6 is 0 Å². The van der Waals surface area contributed by atoms with Crippen LogP contribution < -0.4 is 51.4 Å². The predicted octanol–water partition coefficient (Wildman–Crippen LogP) is -1.81. The molecule has 0 saturated carbocycles. The average Bonchev–Trinajstić information content (AvgIpc) is 1.64. The Bertz CT molecular complexity index is 173. The third kappa shape index (κ3) is 2.94. The van der Waals surface area contributed by atoms with Gasteiger partial charge in [0, 0.05) is 0 Å². The van der Waals surface area contributed by atoms with Crippen LogP contribution in [0.1, 0.15) is 7.06 Å². The number of pyridine rings is 1. The topological polar surface area (TPSA) is 12.9 Å². The van der Waals surface area contributed by atoms with Gasteiger partial charge in [0.15, 0.2) is 0 Å². The van der Waals surface area contributed by atoms with E-state index in [4.69, 9.17) is 1.37 Å². The van der Waals surface area contributed by atoms with Crippen LogP contribution in [-0.2, 0) is 0 Å². The molecule has 0 saturated heterocycles. The molecule has 0 fully saturated rings. The molecular formula is C6H6KN. The van der Waals surface area contributed by atoms with E-state index in [-0.39, 0.29) is 51.4 Å². The SMILES string of the molecule is [3H]c1cc[c-]c(C)n1.[K+]. The van der Waals surface area contributed by atoms with Crippen molar-refractivity contribution in [2.45, 2.75) is 6.92 Å². The molecule has 1 rings (SSSR count). The van der Waals surface area contributed by atoms with Gasteiger partial charge in [0.1, 0.15) is 0 Å². The van der Waals surface area contributed by atoms with Crippen molar-refractivity contribution in [1.29, 1.82) is 0 Å². The minimum Gasteiger partial charge on any atom is -0.301 e. The van der Waals surface area contributed by atoms with E-state index in [0.29, 0.717) is 6.17 Å². The largest absolute Gasteiger partial charge is 1.00 e. The van der Waals surface area contributed by atoms with E-state index >= 15 is 0 Å². The summed E-state index contributed by atoms with van der Waals surface area (Å²) < 4.78 is 7.00. The Labute approximate surface area is 93.3 Å². The first-order chi connectivity index (χ1) is 3.79. The van der Waals surface area contributed by atoms with Gasteiger partial charge in [-0.2, -0.15) is 6.07 Å². The molecule has 2 heteroatoms.